The number of nitrogens with one attached hydrogen (secondary N) is 1. The van der Waals surface area contributed by atoms with Crippen LogP contribution in [0, 0.1) is 5.82 Å². The first-order chi connectivity index (χ1) is 8.06. The number of amides is 1. The molecule has 0 aromatic heterocycles. The molecule has 0 saturated carbocycles. The van der Waals surface area contributed by atoms with Gasteiger partial charge in [-0.3, -0.25) is 4.79 Å². The van der Waals surface area contributed by atoms with E-state index in [1.165, 1.54) is 17.0 Å². The van der Waals surface area contributed by atoms with Crippen LogP contribution in [-0.4, -0.2) is 38.0 Å². The lowest BCUT2D eigenvalue weighted by Gasteiger charge is -2.17. The first-order valence-corrected chi connectivity index (χ1v) is 6.20. The third-order valence-electron chi connectivity index (χ3n) is 2.43. The zero-order valence-corrected chi connectivity index (χ0v) is 11.6. The number of rotatable bonds is 5. The highest BCUT2D eigenvalue weighted by Crippen LogP contribution is 2.16. The van der Waals surface area contributed by atoms with E-state index in [0.717, 1.165) is 13.0 Å². The van der Waals surface area contributed by atoms with Gasteiger partial charge in [0.2, 0.25) is 0 Å². The lowest BCUT2D eigenvalue weighted by atomic mass is 10.2. The van der Waals surface area contributed by atoms with Crippen LogP contribution in [0.15, 0.2) is 22.7 Å². The summed E-state index contributed by atoms with van der Waals surface area (Å²) in [5.41, 5.74) is 0.111. The summed E-state index contributed by atoms with van der Waals surface area (Å²) >= 11 is 3.16. The molecule has 0 unspecified atom stereocenters. The fraction of sp³-hybridized carbons (Fsp3) is 0.417. The Morgan fingerprint density at radius 3 is 2.82 bits per heavy atom. The molecule has 0 saturated heterocycles. The van der Waals surface area contributed by atoms with Crippen molar-refractivity contribution in [2.45, 2.75) is 6.42 Å². The molecule has 0 spiro atoms. The number of carbonyl (C=O) groups excluding carboxylic acids is 1. The number of halogens is 2. The summed E-state index contributed by atoms with van der Waals surface area (Å²) in [6, 6.07) is 4.46. The monoisotopic (exact) mass is 302 g/mol. The fourth-order valence-electron chi connectivity index (χ4n) is 1.46. The molecular formula is C12H16BrFN2O. The van der Waals surface area contributed by atoms with Crippen LogP contribution in [0.3, 0.4) is 0 Å². The predicted octanol–water partition coefficient (Wildman–Crippen LogP) is 2.27. The summed E-state index contributed by atoms with van der Waals surface area (Å²) in [4.78, 5) is 13.5. The number of nitrogens with zero attached hydrogens (tertiary/aromatic N) is 1. The van der Waals surface area contributed by atoms with Crippen molar-refractivity contribution in [1.29, 1.82) is 0 Å². The molecule has 0 heterocycles. The van der Waals surface area contributed by atoms with Gasteiger partial charge in [-0.1, -0.05) is 15.9 Å². The Balaban J connectivity index is 2.68. The van der Waals surface area contributed by atoms with Gasteiger partial charge in [0.1, 0.15) is 5.82 Å². The summed E-state index contributed by atoms with van der Waals surface area (Å²) in [5.74, 6) is -0.782. The minimum atomic E-state index is -0.496. The average molecular weight is 303 g/mol. The van der Waals surface area contributed by atoms with E-state index in [2.05, 4.69) is 21.2 Å². The summed E-state index contributed by atoms with van der Waals surface area (Å²) in [6.07, 6.45) is 0.844. The molecular weight excluding hydrogens is 287 g/mol. The molecule has 1 rings (SSSR count). The standard InChI is InChI=1S/C12H16BrFN2O/c1-15-6-3-7-16(2)12(17)10-5-4-9(13)8-11(10)14/h4-5,8,15H,3,6-7H2,1-2H3. The lowest BCUT2D eigenvalue weighted by Crippen LogP contribution is -2.30. The van der Waals surface area contributed by atoms with Gasteiger partial charge in [0, 0.05) is 18.1 Å². The maximum absolute atomic E-state index is 13.6. The minimum absolute atomic E-state index is 0.111. The second kappa shape index (κ2) is 6.71. The minimum Gasteiger partial charge on any atom is -0.342 e. The Labute approximate surface area is 109 Å². The topological polar surface area (TPSA) is 32.3 Å². The van der Waals surface area contributed by atoms with E-state index in [1.807, 2.05) is 7.05 Å². The quantitative estimate of drug-likeness (QED) is 0.846. The van der Waals surface area contributed by atoms with Gasteiger partial charge < -0.3 is 10.2 Å². The first-order valence-electron chi connectivity index (χ1n) is 5.41. The van der Waals surface area contributed by atoms with Crippen molar-refractivity contribution in [3.63, 3.8) is 0 Å². The van der Waals surface area contributed by atoms with Crippen molar-refractivity contribution < 1.29 is 9.18 Å². The van der Waals surface area contributed by atoms with E-state index in [-0.39, 0.29) is 11.5 Å². The Morgan fingerprint density at radius 2 is 2.24 bits per heavy atom. The molecule has 0 bridgehead atoms. The fourth-order valence-corrected chi connectivity index (χ4v) is 1.80. The Morgan fingerprint density at radius 1 is 1.53 bits per heavy atom. The molecule has 1 aromatic carbocycles. The Bertz CT molecular complexity index is 398. The molecule has 94 valence electrons. The first kappa shape index (κ1) is 14.1. The van der Waals surface area contributed by atoms with Gasteiger partial charge in [0.05, 0.1) is 5.56 Å². The largest absolute Gasteiger partial charge is 0.342 e. The zero-order chi connectivity index (χ0) is 12.8. The second-order valence-electron chi connectivity index (χ2n) is 3.81. The smallest absolute Gasteiger partial charge is 0.256 e. The molecule has 1 amide bonds. The van der Waals surface area contributed by atoms with Crippen LogP contribution in [0.5, 0.6) is 0 Å². The van der Waals surface area contributed by atoms with E-state index >= 15 is 0 Å². The van der Waals surface area contributed by atoms with Crippen LogP contribution in [0.25, 0.3) is 0 Å². The lowest BCUT2D eigenvalue weighted by molar-refractivity contribution is 0.0789. The van der Waals surface area contributed by atoms with Gasteiger partial charge in [0.15, 0.2) is 0 Å². The molecule has 0 fully saturated rings. The molecule has 0 aliphatic heterocycles. The maximum atomic E-state index is 13.6. The normalized spacial score (nSPS) is 10.4. The molecule has 0 radical (unpaired) electrons. The Kier molecular flexibility index (Phi) is 5.58. The van der Waals surface area contributed by atoms with Gasteiger partial charge in [-0.15, -0.1) is 0 Å². The van der Waals surface area contributed by atoms with Crippen molar-refractivity contribution in [2.75, 3.05) is 27.2 Å². The summed E-state index contributed by atoms with van der Waals surface area (Å²) < 4.78 is 14.2. The van der Waals surface area contributed by atoms with Gasteiger partial charge >= 0.3 is 0 Å². The molecule has 1 aromatic rings. The molecule has 1 N–H and O–H groups in total. The predicted molar refractivity (Wildman–Crippen MR) is 69.6 cm³/mol. The highest BCUT2D eigenvalue weighted by molar-refractivity contribution is 9.10. The van der Waals surface area contributed by atoms with E-state index < -0.39 is 5.82 Å². The van der Waals surface area contributed by atoms with Crippen LogP contribution in [0.4, 0.5) is 4.39 Å². The van der Waals surface area contributed by atoms with Crippen LogP contribution >= 0.6 is 15.9 Å². The number of hydrogen-bond acceptors (Lipinski definition) is 2. The molecule has 5 heteroatoms. The number of benzene rings is 1. The number of carbonyl (C=O) groups is 1. The van der Waals surface area contributed by atoms with Crippen LogP contribution in [-0.2, 0) is 0 Å². The third-order valence-corrected chi connectivity index (χ3v) is 2.92. The summed E-state index contributed by atoms with van der Waals surface area (Å²) in [5, 5.41) is 3.00. The van der Waals surface area contributed by atoms with Gasteiger partial charge in [-0.25, -0.2) is 4.39 Å². The number of hydrogen-bond donors (Lipinski definition) is 1. The van der Waals surface area contributed by atoms with Gasteiger partial charge in [-0.05, 0) is 38.2 Å². The van der Waals surface area contributed by atoms with Crippen molar-refractivity contribution in [3.05, 3.63) is 34.1 Å². The zero-order valence-electron chi connectivity index (χ0n) is 9.96. The molecule has 17 heavy (non-hydrogen) atoms. The van der Waals surface area contributed by atoms with E-state index in [9.17, 15) is 9.18 Å². The Hall–Kier alpha value is -0.940. The SMILES string of the molecule is CNCCCN(C)C(=O)c1ccc(Br)cc1F. The third kappa shape index (κ3) is 4.09. The van der Waals surface area contributed by atoms with E-state index in [0.29, 0.717) is 11.0 Å². The van der Waals surface area contributed by atoms with Crippen molar-refractivity contribution in [2.24, 2.45) is 0 Å². The van der Waals surface area contributed by atoms with Crippen LogP contribution < -0.4 is 5.32 Å². The highest BCUT2D eigenvalue weighted by atomic mass is 79.9. The summed E-state index contributed by atoms with van der Waals surface area (Å²) in [6.45, 7) is 1.44. The van der Waals surface area contributed by atoms with Crippen molar-refractivity contribution >= 4 is 21.8 Å². The van der Waals surface area contributed by atoms with E-state index in [1.54, 1.807) is 13.1 Å². The second-order valence-corrected chi connectivity index (χ2v) is 4.72. The molecule has 0 aliphatic carbocycles. The van der Waals surface area contributed by atoms with Crippen LogP contribution in [0.1, 0.15) is 16.8 Å². The summed E-state index contributed by atoms with van der Waals surface area (Å²) in [7, 11) is 3.54. The molecule has 0 atom stereocenters. The van der Waals surface area contributed by atoms with Gasteiger partial charge in [0.25, 0.3) is 5.91 Å². The molecule has 3 nitrogen and oxygen atoms in total. The van der Waals surface area contributed by atoms with Crippen LogP contribution in [0.2, 0.25) is 0 Å². The highest BCUT2D eigenvalue weighted by Gasteiger charge is 2.15. The van der Waals surface area contributed by atoms with Crippen molar-refractivity contribution in [1.82, 2.24) is 10.2 Å². The van der Waals surface area contributed by atoms with Crippen molar-refractivity contribution in [3.8, 4) is 0 Å². The van der Waals surface area contributed by atoms with E-state index in [4.69, 9.17) is 0 Å². The maximum Gasteiger partial charge on any atom is 0.256 e. The average Bonchev–Trinajstić information content (AvgIpc) is 2.28. The van der Waals surface area contributed by atoms with Gasteiger partial charge in [-0.2, -0.15) is 0 Å². The molecule has 0 aliphatic rings.